The van der Waals surface area contributed by atoms with Crippen molar-refractivity contribution in [2.45, 2.75) is 12.8 Å². The maximum absolute atomic E-state index is 12.2. The van der Waals surface area contributed by atoms with Crippen LogP contribution in [0.2, 0.25) is 0 Å². The molecule has 0 saturated carbocycles. The molecule has 1 unspecified atom stereocenters. The molecule has 0 bridgehead atoms. The van der Waals surface area contributed by atoms with Crippen LogP contribution in [0, 0.1) is 5.92 Å². The molecule has 2 rings (SSSR count). The maximum Gasteiger partial charge on any atom is 0.253 e. The highest BCUT2D eigenvalue weighted by atomic mass is 16.5. The first-order valence-corrected chi connectivity index (χ1v) is 6.49. The Labute approximate surface area is 113 Å². The van der Waals surface area contributed by atoms with Crippen molar-refractivity contribution >= 4 is 11.6 Å². The van der Waals surface area contributed by atoms with Crippen molar-refractivity contribution in [1.29, 1.82) is 0 Å². The van der Waals surface area contributed by atoms with Crippen molar-refractivity contribution in [3.8, 4) is 5.75 Å². The molecule has 1 aliphatic rings. The van der Waals surface area contributed by atoms with E-state index in [9.17, 15) is 9.90 Å². The molecule has 1 heterocycles. The van der Waals surface area contributed by atoms with Crippen LogP contribution in [0.5, 0.6) is 5.75 Å². The number of nitrogens with zero attached hydrogens (tertiary/aromatic N) is 1. The standard InChI is InChI=1S/C14H20N2O3/c1-16(8-10-3-2-6-19-9-10)14(18)11-4-5-12(15)13(17)7-11/h4-5,7,10,17H,2-3,6,8-9,15H2,1H3. The van der Waals surface area contributed by atoms with Gasteiger partial charge in [0.2, 0.25) is 0 Å². The van der Waals surface area contributed by atoms with Crippen LogP contribution < -0.4 is 5.73 Å². The Morgan fingerprint density at radius 1 is 1.58 bits per heavy atom. The highest BCUT2D eigenvalue weighted by Gasteiger charge is 2.20. The zero-order valence-corrected chi connectivity index (χ0v) is 11.1. The van der Waals surface area contributed by atoms with Gasteiger partial charge in [-0.05, 0) is 37.0 Å². The summed E-state index contributed by atoms with van der Waals surface area (Å²) in [5, 5.41) is 9.54. The van der Waals surface area contributed by atoms with E-state index in [1.54, 1.807) is 24.1 Å². The molecule has 1 atom stereocenters. The summed E-state index contributed by atoms with van der Waals surface area (Å²) in [6, 6.07) is 4.58. The summed E-state index contributed by atoms with van der Waals surface area (Å²) in [6.07, 6.45) is 2.14. The Bertz CT molecular complexity index is 456. The third kappa shape index (κ3) is 3.38. The minimum Gasteiger partial charge on any atom is -0.506 e. The van der Waals surface area contributed by atoms with E-state index < -0.39 is 0 Å². The number of ether oxygens (including phenoxy) is 1. The van der Waals surface area contributed by atoms with Gasteiger partial charge in [0.05, 0.1) is 12.3 Å². The first kappa shape index (κ1) is 13.7. The van der Waals surface area contributed by atoms with Crippen LogP contribution in [0.3, 0.4) is 0 Å². The van der Waals surface area contributed by atoms with Gasteiger partial charge >= 0.3 is 0 Å². The van der Waals surface area contributed by atoms with Gasteiger partial charge in [-0.1, -0.05) is 0 Å². The largest absolute Gasteiger partial charge is 0.506 e. The Kier molecular flexibility index (Phi) is 4.27. The lowest BCUT2D eigenvalue weighted by molar-refractivity contribution is 0.0388. The van der Waals surface area contributed by atoms with E-state index in [4.69, 9.17) is 10.5 Å². The van der Waals surface area contributed by atoms with E-state index in [2.05, 4.69) is 0 Å². The van der Waals surface area contributed by atoms with Crippen LogP contribution in [0.15, 0.2) is 18.2 Å². The number of hydrogen-bond acceptors (Lipinski definition) is 4. The molecule has 0 aromatic heterocycles. The molecule has 0 radical (unpaired) electrons. The molecule has 3 N–H and O–H groups in total. The number of phenolic OH excluding ortho intramolecular Hbond substituents is 1. The first-order chi connectivity index (χ1) is 9.08. The van der Waals surface area contributed by atoms with Crippen LogP contribution in [-0.2, 0) is 4.74 Å². The van der Waals surface area contributed by atoms with Crippen LogP contribution in [-0.4, -0.2) is 42.7 Å². The molecule has 0 aliphatic carbocycles. The second-order valence-corrected chi connectivity index (χ2v) is 5.04. The molecular formula is C14H20N2O3. The number of rotatable bonds is 3. The number of nitrogen functional groups attached to an aromatic ring is 1. The van der Waals surface area contributed by atoms with Gasteiger partial charge < -0.3 is 20.5 Å². The molecule has 1 amide bonds. The fourth-order valence-corrected chi connectivity index (χ4v) is 2.32. The lowest BCUT2D eigenvalue weighted by atomic mass is 10.0. The summed E-state index contributed by atoms with van der Waals surface area (Å²) in [5.41, 5.74) is 6.25. The fraction of sp³-hybridized carbons (Fsp3) is 0.500. The monoisotopic (exact) mass is 264 g/mol. The van der Waals surface area contributed by atoms with Gasteiger partial charge in [0, 0.05) is 25.8 Å². The summed E-state index contributed by atoms with van der Waals surface area (Å²) in [5.74, 6) is 0.228. The van der Waals surface area contributed by atoms with Gasteiger partial charge in [0.25, 0.3) is 5.91 Å². The molecule has 1 aromatic rings. The lowest BCUT2D eigenvalue weighted by Gasteiger charge is -2.27. The highest BCUT2D eigenvalue weighted by molar-refractivity contribution is 5.95. The van der Waals surface area contributed by atoms with Crippen LogP contribution in [0.1, 0.15) is 23.2 Å². The molecule has 1 aromatic carbocycles. The number of nitrogens with two attached hydrogens (primary N) is 1. The molecule has 0 spiro atoms. The summed E-state index contributed by atoms with van der Waals surface area (Å²) in [4.78, 5) is 13.9. The Balaban J connectivity index is 1.99. The van der Waals surface area contributed by atoms with Crippen molar-refractivity contribution < 1.29 is 14.6 Å². The number of amides is 1. The predicted octanol–water partition coefficient (Wildman–Crippen LogP) is 1.47. The van der Waals surface area contributed by atoms with Crippen molar-refractivity contribution in [3.63, 3.8) is 0 Å². The molecule has 5 heteroatoms. The SMILES string of the molecule is CN(CC1CCCOC1)C(=O)c1ccc(N)c(O)c1. The van der Waals surface area contributed by atoms with E-state index >= 15 is 0 Å². The number of anilines is 1. The molecule has 104 valence electrons. The minimum atomic E-state index is -0.110. The quantitative estimate of drug-likeness (QED) is 0.640. The highest BCUT2D eigenvalue weighted by Crippen LogP contribution is 2.22. The zero-order valence-electron chi connectivity index (χ0n) is 11.1. The second kappa shape index (κ2) is 5.93. The fourth-order valence-electron chi connectivity index (χ4n) is 2.32. The van der Waals surface area contributed by atoms with Crippen LogP contribution in [0.4, 0.5) is 5.69 Å². The summed E-state index contributed by atoms with van der Waals surface area (Å²) in [7, 11) is 1.77. The van der Waals surface area contributed by atoms with E-state index in [-0.39, 0.29) is 17.3 Å². The van der Waals surface area contributed by atoms with Gasteiger partial charge in [0.15, 0.2) is 0 Å². The third-order valence-corrected chi connectivity index (χ3v) is 3.41. The smallest absolute Gasteiger partial charge is 0.253 e. The molecule has 1 saturated heterocycles. The van der Waals surface area contributed by atoms with Gasteiger partial charge in [0.1, 0.15) is 5.75 Å². The Morgan fingerprint density at radius 3 is 3.00 bits per heavy atom. The average molecular weight is 264 g/mol. The van der Waals surface area contributed by atoms with E-state index in [1.807, 2.05) is 0 Å². The van der Waals surface area contributed by atoms with Crippen molar-refractivity contribution in [2.75, 3.05) is 32.5 Å². The molecule has 1 fully saturated rings. The Morgan fingerprint density at radius 2 is 2.37 bits per heavy atom. The Hall–Kier alpha value is -1.75. The third-order valence-electron chi connectivity index (χ3n) is 3.41. The molecule has 5 nitrogen and oxygen atoms in total. The number of benzene rings is 1. The average Bonchev–Trinajstić information content (AvgIpc) is 2.42. The number of aromatic hydroxyl groups is 1. The van der Waals surface area contributed by atoms with E-state index in [0.29, 0.717) is 24.6 Å². The lowest BCUT2D eigenvalue weighted by Crippen LogP contribution is -2.35. The topological polar surface area (TPSA) is 75.8 Å². The van der Waals surface area contributed by atoms with Crippen LogP contribution in [0.25, 0.3) is 0 Å². The van der Waals surface area contributed by atoms with Crippen LogP contribution >= 0.6 is 0 Å². The number of carbonyl (C=O) groups is 1. The van der Waals surface area contributed by atoms with Gasteiger partial charge in [-0.25, -0.2) is 0 Å². The number of hydrogen-bond donors (Lipinski definition) is 2. The zero-order chi connectivity index (χ0) is 13.8. The van der Waals surface area contributed by atoms with E-state index in [1.165, 1.54) is 6.07 Å². The van der Waals surface area contributed by atoms with Gasteiger partial charge in [-0.15, -0.1) is 0 Å². The number of phenols is 1. The summed E-state index contributed by atoms with van der Waals surface area (Å²) in [6.45, 7) is 2.20. The summed E-state index contributed by atoms with van der Waals surface area (Å²) >= 11 is 0. The van der Waals surface area contributed by atoms with Gasteiger partial charge in [-0.3, -0.25) is 4.79 Å². The number of carbonyl (C=O) groups excluding carboxylic acids is 1. The molecule has 19 heavy (non-hydrogen) atoms. The van der Waals surface area contributed by atoms with Crippen molar-refractivity contribution in [3.05, 3.63) is 23.8 Å². The van der Waals surface area contributed by atoms with Crippen molar-refractivity contribution in [1.82, 2.24) is 4.90 Å². The second-order valence-electron chi connectivity index (χ2n) is 5.04. The summed E-state index contributed by atoms with van der Waals surface area (Å²) < 4.78 is 5.41. The molecular weight excluding hydrogens is 244 g/mol. The maximum atomic E-state index is 12.2. The molecule has 1 aliphatic heterocycles. The minimum absolute atomic E-state index is 0.0553. The van der Waals surface area contributed by atoms with E-state index in [0.717, 1.165) is 19.4 Å². The first-order valence-electron chi connectivity index (χ1n) is 6.49. The normalized spacial score (nSPS) is 19.1. The predicted molar refractivity (Wildman–Crippen MR) is 73.0 cm³/mol. The van der Waals surface area contributed by atoms with Gasteiger partial charge in [-0.2, -0.15) is 0 Å². The van der Waals surface area contributed by atoms with Crippen molar-refractivity contribution in [2.24, 2.45) is 5.92 Å².